The smallest absolute Gasteiger partial charge is 0.335 e. The lowest BCUT2D eigenvalue weighted by Gasteiger charge is -2.38. The second-order valence-corrected chi connectivity index (χ2v) is 6.74. The van der Waals surface area contributed by atoms with Crippen molar-refractivity contribution in [1.29, 1.82) is 0 Å². The molecule has 0 radical (unpaired) electrons. The van der Waals surface area contributed by atoms with E-state index in [2.05, 4.69) is 5.32 Å². The van der Waals surface area contributed by atoms with Gasteiger partial charge in [0.15, 0.2) is 5.11 Å². The number of carbonyl (C=O) groups is 2. The normalized spacial score (nSPS) is 17.3. The lowest BCUT2D eigenvalue weighted by atomic mass is 9.92. The number of nitrogens with one attached hydrogen (secondary N) is 1. The van der Waals surface area contributed by atoms with Gasteiger partial charge in [0, 0.05) is 23.2 Å². The largest absolute Gasteiger partial charge is 0.478 e. The molecule has 1 aromatic carbocycles. The van der Waals surface area contributed by atoms with Crippen LogP contribution < -0.4 is 5.32 Å². The molecule has 1 atom stereocenters. The highest BCUT2D eigenvalue weighted by molar-refractivity contribution is 7.80. The van der Waals surface area contributed by atoms with Crippen LogP contribution in [0.1, 0.15) is 32.4 Å². The molecular weight excluding hydrogens is 382 g/mol. The van der Waals surface area contributed by atoms with Gasteiger partial charge >= 0.3 is 5.97 Å². The Bertz CT molecular complexity index is 852. The number of halogens is 1. The van der Waals surface area contributed by atoms with Crippen LogP contribution in [0.2, 0.25) is 5.02 Å². The Morgan fingerprint density at radius 3 is 2.54 bits per heavy atom. The van der Waals surface area contributed by atoms with Gasteiger partial charge in [0.1, 0.15) is 5.02 Å². The first-order valence-electron chi connectivity index (χ1n) is 7.58. The minimum atomic E-state index is -1.29. The Morgan fingerprint density at radius 2 is 2.04 bits per heavy atom. The Morgan fingerprint density at radius 1 is 1.42 bits per heavy atom. The Hall–Kier alpha value is -2.52. The number of aliphatic carboxylic acids is 1. The molecule has 8 nitrogen and oxygen atoms in total. The zero-order chi connectivity index (χ0) is 19.8. The second kappa shape index (κ2) is 7.38. The van der Waals surface area contributed by atoms with Crippen molar-refractivity contribution in [2.75, 3.05) is 0 Å². The summed E-state index contributed by atoms with van der Waals surface area (Å²) in [7, 11) is 0. The molecule has 2 rings (SSSR count). The first-order valence-corrected chi connectivity index (χ1v) is 8.37. The van der Waals surface area contributed by atoms with E-state index in [1.807, 2.05) is 0 Å². The highest BCUT2D eigenvalue weighted by Gasteiger charge is 2.41. The summed E-state index contributed by atoms with van der Waals surface area (Å²) < 4.78 is 0. The van der Waals surface area contributed by atoms with E-state index in [4.69, 9.17) is 23.8 Å². The number of rotatable bonds is 4. The van der Waals surface area contributed by atoms with Gasteiger partial charge in [-0.25, -0.2) is 4.79 Å². The first-order chi connectivity index (χ1) is 12.1. The zero-order valence-electron chi connectivity index (χ0n) is 14.1. The van der Waals surface area contributed by atoms with Crippen LogP contribution in [0.25, 0.3) is 0 Å². The summed E-state index contributed by atoms with van der Waals surface area (Å²) >= 11 is 11.4. The van der Waals surface area contributed by atoms with Crippen LogP contribution in [0.3, 0.4) is 0 Å². The lowest BCUT2D eigenvalue weighted by Crippen LogP contribution is -2.52. The number of benzene rings is 1. The second-order valence-electron chi connectivity index (χ2n) is 5.98. The fourth-order valence-electron chi connectivity index (χ4n) is 2.71. The van der Waals surface area contributed by atoms with Crippen molar-refractivity contribution in [3.05, 3.63) is 50.2 Å². The van der Waals surface area contributed by atoms with Crippen molar-refractivity contribution >= 4 is 46.5 Å². The topological polar surface area (TPSA) is 113 Å². The van der Waals surface area contributed by atoms with Crippen LogP contribution in [-0.4, -0.2) is 31.9 Å². The van der Waals surface area contributed by atoms with Gasteiger partial charge in [-0.3, -0.25) is 19.8 Å². The number of carboxylic acid groups (broad SMARTS) is 1. The fraction of sp³-hybridized carbons (Fsp3) is 0.312. The van der Waals surface area contributed by atoms with E-state index >= 15 is 0 Å². The molecule has 1 unspecified atom stereocenters. The number of hydrogen-bond acceptors (Lipinski definition) is 5. The molecule has 0 saturated heterocycles. The molecule has 0 saturated carbocycles. The quantitative estimate of drug-likeness (QED) is 0.456. The van der Waals surface area contributed by atoms with Crippen LogP contribution in [0, 0.1) is 16.0 Å². The summed E-state index contributed by atoms with van der Waals surface area (Å²) in [4.78, 5) is 36.2. The number of nitro groups is 1. The fourth-order valence-corrected chi connectivity index (χ4v) is 3.35. The third kappa shape index (κ3) is 3.40. The Balaban J connectivity index is 2.80. The van der Waals surface area contributed by atoms with Gasteiger partial charge in [-0.2, -0.15) is 0 Å². The Labute approximate surface area is 159 Å². The maximum absolute atomic E-state index is 12.7. The van der Waals surface area contributed by atoms with Crippen molar-refractivity contribution in [1.82, 2.24) is 10.2 Å². The summed E-state index contributed by atoms with van der Waals surface area (Å²) in [6, 6.07) is 2.86. The first kappa shape index (κ1) is 19.8. The monoisotopic (exact) mass is 397 g/mol. The molecule has 2 N–H and O–H groups in total. The van der Waals surface area contributed by atoms with Crippen LogP contribution in [0.15, 0.2) is 29.5 Å². The molecule has 1 amide bonds. The van der Waals surface area contributed by atoms with Gasteiger partial charge in [0.05, 0.1) is 16.5 Å². The minimum absolute atomic E-state index is 0.0128. The average molecular weight is 398 g/mol. The number of nitro benzene ring substituents is 1. The van der Waals surface area contributed by atoms with E-state index in [1.54, 1.807) is 13.8 Å². The van der Waals surface area contributed by atoms with E-state index in [0.29, 0.717) is 0 Å². The molecular formula is C16H16ClN3O5S. The average Bonchev–Trinajstić information content (AvgIpc) is 2.53. The molecule has 1 aromatic rings. The highest BCUT2D eigenvalue weighted by Crippen LogP contribution is 2.41. The third-order valence-electron chi connectivity index (χ3n) is 3.91. The van der Waals surface area contributed by atoms with Crippen LogP contribution in [0.5, 0.6) is 0 Å². The molecule has 26 heavy (non-hydrogen) atoms. The van der Waals surface area contributed by atoms with Crippen molar-refractivity contribution in [3.63, 3.8) is 0 Å². The van der Waals surface area contributed by atoms with E-state index in [9.17, 15) is 24.8 Å². The summed E-state index contributed by atoms with van der Waals surface area (Å²) in [5.41, 5.74) is -0.179. The molecule has 0 aliphatic carbocycles. The van der Waals surface area contributed by atoms with Crippen LogP contribution in [-0.2, 0) is 9.59 Å². The van der Waals surface area contributed by atoms with Crippen molar-refractivity contribution in [3.8, 4) is 0 Å². The van der Waals surface area contributed by atoms with Crippen LogP contribution >= 0.6 is 23.8 Å². The van der Waals surface area contributed by atoms with E-state index in [0.717, 1.165) is 4.90 Å². The van der Waals surface area contributed by atoms with E-state index < -0.39 is 28.8 Å². The third-order valence-corrected chi connectivity index (χ3v) is 4.62. The molecule has 1 aliphatic rings. The predicted octanol–water partition coefficient (Wildman–Crippen LogP) is 3.02. The minimum Gasteiger partial charge on any atom is -0.478 e. The zero-order valence-corrected chi connectivity index (χ0v) is 15.7. The van der Waals surface area contributed by atoms with Gasteiger partial charge in [-0.15, -0.1) is 0 Å². The molecule has 0 aromatic heterocycles. The number of nitrogens with zero attached hydrogens (tertiary/aromatic N) is 2. The molecule has 1 aliphatic heterocycles. The summed E-state index contributed by atoms with van der Waals surface area (Å²) in [5.74, 6) is -2.20. The molecule has 10 heteroatoms. The number of carbonyl (C=O) groups excluding carboxylic acids is 1. The molecule has 0 fully saturated rings. The summed E-state index contributed by atoms with van der Waals surface area (Å²) in [6.45, 7) is 4.79. The Kier molecular flexibility index (Phi) is 5.62. The predicted molar refractivity (Wildman–Crippen MR) is 98.6 cm³/mol. The van der Waals surface area contributed by atoms with Crippen molar-refractivity contribution in [2.24, 2.45) is 5.92 Å². The lowest BCUT2D eigenvalue weighted by molar-refractivity contribution is -0.384. The number of amides is 1. The number of allylic oxidation sites excluding steroid dienone is 1. The van der Waals surface area contributed by atoms with E-state index in [-0.39, 0.29) is 32.7 Å². The maximum Gasteiger partial charge on any atom is 0.335 e. The summed E-state index contributed by atoms with van der Waals surface area (Å²) in [6.07, 6.45) is 0. The van der Waals surface area contributed by atoms with Crippen molar-refractivity contribution in [2.45, 2.75) is 26.8 Å². The van der Waals surface area contributed by atoms with Gasteiger partial charge in [0.2, 0.25) is 5.91 Å². The maximum atomic E-state index is 12.7. The van der Waals surface area contributed by atoms with Crippen molar-refractivity contribution < 1.29 is 19.6 Å². The standard InChI is InChI=1S/C16H16ClN3O5S/c1-7(2)14(21)19-13(11(15(22)23)8(3)18-16(19)26)9-5-4-6-10(12(9)17)20(24)25/h4-7,13H,1-3H3,(H,18,26)(H,22,23). The highest BCUT2D eigenvalue weighted by atomic mass is 35.5. The van der Waals surface area contributed by atoms with Gasteiger partial charge in [0.25, 0.3) is 5.69 Å². The van der Waals surface area contributed by atoms with Gasteiger partial charge in [-0.05, 0) is 19.1 Å². The van der Waals surface area contributed by atoms with Gasteiger partial charge < -0.3 is 10.4 Å². The van der Waals surface area contributed by atoms with Crippen LogP contribution in [0.4, 0.5) is 5.69 Å². The SMILES string of the molecule is CC1=C(C(=O)O)C(c2cccc([N+](=O)[O-])c2Cl)N(C(=O)C(C)C)C(=S)N1. The molecule has 0 bridgehead atoms. The number of hydrogen-bond donors (Lipinski definition) is 2. The van der Waals surface area contributed by atoms with Gasteiger partial charge in [-0.1, -0.05) is 37.6 Å². The summed E-state index contributed by atoms with van der Waals surface area (Å²) in [5, 5.41) is 23.4. The molecule has 138 valence electrons. The molecule has 0 spiro atoms. The number of thiocarbonyl (C=S) groups is 1. The number of carboxylic acids is 1. The molecule has 1 heterocycles. The van der Waals surface area contributed by atoms with E-state index in [1.165, 1.54) is 25.1 Å².